The summed E-state index contributed by atoms with van der Waals surface area (Å²) in [7, 11) is 2.15. The molecule has 1 N–H and O–H groups in total. The first-order valence-corrected chi connectivity index (χ1v) is 11.7. The number of rotatable bonds is 8. The molecule has 0 aliphatic rings. The van der Waals surface area contributed by atoms with Gasteiger partial charge in [0.15, 0.2) is 0 Å². The predicted octanol–water partition coefficient (Wildman–Crippen LogP) is 3.61. The highest BCUT2D eigenvalue weighted by atomic mass is 35.8. The van der Waals surface area contributed by atoms with E-state index in [4.69, 9.17) is 20.2 Å². The lowest BCUT2D eigenvalue weighted by Gasteiger charge is -2.26. The van der Waals surface area contributed by atoms with Gasteiger partial charge in [0.25, 0.3) is 8.08 Å². The van der Waals surface area contributed by atoms with Gasteiger partial charge in [0.05, 0.1) is 0 Å². The Balaban J connectivity index is 4.68. The molecule has 0 spiro atoms. The Morgan fingerprint density at radius 2 is 1.56 bits per heavy atom. The molecule has 0 bridgehead atoms. The van der Waals surface area contributed by atoms with Crippen LogP contribution in [0.15, 0.2) is 0 Å². The summed E-state index contributed by atoms with van der Waals surface area (Å²) in [5, 5.41) is 2.52. The van der Waals surface area contributed by atoms with E-state index in [9.17, 15) is 18.0 Å². The molecule has 0 rings (SSSR count). The van der Waals surface area contributed by atoms with E-state index in [1.54, 1.807) is 41.5 Å². The van der Waals surface area contributed by atoms with E-state index in [2.05, 4.69) is 5.32 Å². The maximum atomic E-state index is 12.3. The van der Waals surface area contributed by atoms with Crippen LogP contribution >= 0.6 is 21.5 Å². The standard InChI is InChI=1S/C15H28ClNO6S2/c1-14(2,3)22-12(18)11(17-13(19)23-15(4,5)6)9-7-8-10-24-25(16,20)21/h11H,7-10H2,1-6H3,(H,17,19)/t11-/m0/s1. The number of alkyl carbamates (subject to hydrolysis) is 1. The van der Waals surface area contributed by atoms with Crippen LogP contribution in [0.2, 0.25) is 0 Å². The first kappa shape index (κ1) is 24.3. The highest BCUT2D eigenvalue weighted by Crippen LogP contribution is 2.19. The number of unbranched alkanes of at least 4 members (excludes halogenated alkanes) is 1. The number of amides is 1. The minimum absolute atomic E-state index is 0.303. The number of hydrogen-bond donors (Lipinski definition) is 1. The second-order valence-corrected chi connectivity index (χ2v) is 12.7. The summed E-state index contributed by atoms with van der Waals surface area (Å²) in [6.45, 7) is 10.4. The largest absolute Gasteiger partial charge is 0.458 e. The summed E-state index contributed by atoms with van der Waals surface area (Å²) in [6.07, 6.45) is 0.628. The zero-order chi connectivity index (χ0) is 19.9. The van der Waals surface area contributed by atoms with Crippen LogP contribution in [-0.2, 0) is 22.4 Å². The minimum Gasteiger partial charge on any atom is -0.458 e. The Labute approximate surface area is 158 Å². The molecule has 0 heterocycles. The highest BCUT2D eigenvalue weighted by Gasteiger charge is 2.28. The SMILES string of the molecule is CC(C)(C)OC(=O)N[C@@H](CCCCSS(=O)(=O)Cl)C(=O)OC(C)(C)C. The molecule has 0 aliphatic carbocycles. The fourth-order valence-corrected chi connectivity index (χ4v) is 3.72. The van der Waals surface area contributed by atoms with Gasteiger partial charge in [-0.05, 0) is 71.6 Å². The molecule has 148 valence electrons. The van der Waals surface area contributed by atoms with Crippen molar-refractivity contribution in [2.45, 2.75) is 78.0 Å². The van der Waals surface area contributed by atoms with Crippen molar-refractivity contribution in [3.05, 3.63) is 0 Å². The first-order valence-electron chi connectivity index (χ1n) is 7.90. The minimum atomic E-state index is -3.60. The average Bonchev–Trinajstić information content (AvgIpc) is 2.30. The van der Waals surface area contributed by atoms with Crippen LogP contribution in [0, 0.1) is 0 Å². The van der Waals surface area contributed by atoms with E-state index >= 15 is 0 Å². The maximum absolute atomic E-state index is 12.3. The molecule has 1 atom stereocenters. The van der Waals surface area contributed by atoms with Crippen molar-refractivity contribution >= 4 is 41.6 Å². The summed E-state index contributed by atoms with van der Waals surface area (Å²) in [6, 6.07) is -0.869. The van der Waals surface area contributed by atoms with Crippen LogP contribution < -0.4 is 5.32 Å². The summed E-state index contributed by atoms with van der Waals surface area (Å²) < 4.78 is 32.2. The van der Waals surface area contributed by atoms with Crippen molar-refractivity contribution in [3.8, 4) is 0 Å². The van der Waals surface area contributed by atoms with Crippen molar-refractivity contribution in [2.24, 2.45) is 0 Å². The number of nitrogens with one attached hydrogen (secondary N) is 1. The van der Waals surface area contributed by atoms with Gasteiger partial charge < -0.3 is 14.8 Å². The van der Waals surface area contributed by atoms with Crippen LogP contribution in [0.5, 0.6) is 0 Å². The van der Waals surface area contributed by atoms with Gasteiger partial charge in [0.2, 0.25) is 0 Å². The van der Waals surface area contributed by atoms with Crippen LogP contribution in [0.1, 0.15) is 60.8 Å². The van der Waals surface area contributed by atoms with Gasteiger partial charge in [-0.2, -0.15) is 0 Å². The average molecular weight is 418 g/mol. The molecule has 0 aromatic heterocycles. The fraction of sp³-hybridized carbons (Fsp3) is 0.867. The number of carbonyl (C=O) groups is 2. The zero-order valence-electron chi connectivity index (χ0n) is 15.5. The molecule has 0 fully saturated rings. The topological polar surface area (TPSA) is 98.8 Å². The van der Waals surface area contributed by atoms with Gasteiger partial charge in [-0.1, -0.05) is 0 Å². The van der Waals surface area contributed by atoms with Gasteiger partial charge in [-0.3, -0.25) is 0 Å². The van der Waals surface area contributed by atoms with Crippen molar-refractivity contribution in [2.75, 3.05) is 5.75 Å². The number of ether oxygens (including phenoxy) is 2. The smallest absolute Gasteiger partial charge is 0.408 e. The molecule has 0 unspecified atom stereocenters. The monoisotopic (exact) mass is 417 g/mol. The predicted molar refractivity (Wildman–Crippen MR) is 100 cm³/mol. The Bertz CT molecular complexity index is 551. The summed E-state index contributed by atoms with van der Waals surface area (Å²) in [4.78, 5) is 24.2. The molecule has 25 heavy (non-hydrogen) atoms. The Morgan fingerprint density at radius 3 is 2.00 bits per heavy atom. The van der Waals surface area contributed by atoms with Gasteiger partial charge in [-0.15, -0.1) is 0 Å². The Morgan fingerprint density at radius 1 is 1.04 bits per heavy atom. The molecule has 0 radical (unpaired) electrons. The van der Waals surface area contributed by atoms with Gasteiger partial charge in [-0.25, -0.2) is 18.0 Å². The van der Waals surface area contributed by atoms with Crippen LogP contribution in [-0.4, -0.2) is 43.5 Å². The third-order valence-corrected chi connectivity index (χ3v) is 5.38. The van der Waals surface area contributed by atoms with Gasteiger partial charge in [0.1, 0.15) is 17.2 Å². The first-order chi connectivity index (χ1) is 11.1. The van der Waals surface area contributed by atoms with Crippen molar-refractivity contribution in [1.82, 2.24) is 5.32 Å². The second kappa shape index (κ2) is 9.87. The van der Waals surface area contributed by atoms with E-state index in [1.807, 2.05) is 0 Å². The Hall–Kier alpha value is -0.670. The number of halogens is 1. The van der Waals surface area contributed by atoms with Gasteiger partial charge in [0, 0.05) is 16.4 Å². The van der Waals surface area contributed by atoms with E-state index in [0.717, 1.165) is 0 Å². The third-order valence-electron chi connectivity index (χ3n) is 2.49. The fourth-order valence-electron chi connectivity index (χ4n) is 1.68. The molecule has 0 aliphatic heterocycles. The molecule has 1 amide bonds. The molecule has 0 saturated heterocycles. The Kier molecular flexibility index (Phi) is 9.61. The van der Waals surface area contributed by atoms with Gasteiger partial charge >= 0.3 is 12.1 Å². The highest BCUT2D eigenvalue weighted by molar-refractivity contribution is 8.80. The number of carbonyl (C=O) groups excluding carboxylic acids is 2. The van der Waals surface area contributed by atoms with Crippen LogP contribution in [0.3, 0.4) is 0 Å². The molecule has 0 aromatic rings. The maximum Gasteiger partial charge on any atom is 0.408 e. The number of hydrogen-bond acceptors (Lipinski definition) is 7. The van der Waals surface area contributed by atoms with E-state index in [-0.39, 0.29) is 0 Å². The van der Waals surface area contributed by atoms with E-state index < -0.39 is 37.4 Å². The van der Waals surface area contributed by atoms with Crippen LogP contribution in [0.4, 0.5) is 4.79 Å². The molecule has 10 heteroatoms. The summed E-state index contributed by atoms with van der Waals surface area (Å²) >= 11 is 0. The molecule has 0 aromatic carbocycles. The van der Waals surface area contributed by atoms with E-state index in [1.165, 1.54) is 0 Å². The molecule has 0 saturated carbocycles. The summed E-state index contributed by atoms with van der Waals surface area (Å²) in [5.41, 5.74) is -1.37. The molecule has 7 nitrogen and oxygen atoms in total. The normalized spacial score (nSPS) is 13.9. The molecular formula is C15H28ClNO6S2. The lowest BCUT2D eigenvalue weighted by atomic mass is 10.1. The lowest BCUT2D eigenvalue weighted by molar-refractivity contribution is -0.157. The van der Waals surface area contributed by atoms with E-state index in [0.29, 0.717) is 35.8 Å². The quantitative estimate of drug-likeness (QED) is 0.278. The molecular weight excluding hydrogens is 390 g/mol. The zero-order valence-corrected chi connectivity index (χ0v) is 17.9. The second-order valence-electron chi connectivity index (χ2n) is 7.44. The third kappa shape index (κ3) is 15.3. The van der Waals surface area contributed by atoms with Crippen molar-refractivity contribution in [1.29, 1.82) is 0 Å². The van der Waals surface area contributed by atoms with Crippen molar-refractivity contribution < 1.29 is 27.5 Å². The lowest BCUT2D eigenvalue weighted by Crippen LogP contribution is -2.46. The summed E-state index contributed by atoms with van der Waals surface area (Å²) in [5.74, 6) is -0.254. The van der Waals surface area contributed by atoms with Crippen molar-refractivity contribution in [3.63, 3.8) is 0 Å². The number of esters is 1. The van der Waals surface area contributed by atoms with Crippen LogP contribution in [0.25, 0.3) is 0 Å².